The van der Waals surface area contributed by atoms with E-state index in [1.807, 2.05) is 19.1 Å². The van der Waals surface area contributed by atoms with Crippen LogP contribution in [0.25, 0.3) is 0 Å². The van der Waals surface area contributed by atoms with Crippen molar-refractivity contribution in [3.63, 3.8) is 0 Å². The summed E-state index contributed by atoms with van der Waals surface area (Å²) in [4.78, 5) is 10.4. The number of nitro groups is 1. The molecule has 0 bridgehead atoms. The van der Waals surface area contributed by atoms with Crippen molar-refractivity contribution in [3.05, 3.63) is 62.6 Å². The molecule has 0 aromatic heterocycles. The summed E-state index contributed by atoms with van der Waals surface area (Å²) in [5.41, 5.74) is 6.96. The zero-order valence-corrected chi connectivity index (χ0v) is 13.0. The van der Waals surface area contributed by atoms with Gasteiger partial charge in [0.15, 0.2) is 0 Å². The molecule has 0 aliphatic rings. The molecule has 0 spiro atoms. The van der Waals surface area contributed by atoms with Gasteiger partial charge in [0, 0.05) is 16.6 Å². The Morgan fingerprint density at radius 2 is 1.90 bits per heavy atom. The summed E-state index contributed by atoms with van der Waals surface area (Å²) in [5, 5.41) is 10.8. The van der Waals surface area contributed by atoms with Gasteiger partial charge in [-0.1, -0.05) is 35.0 Å². The van der Waals surface area contributed by atoms with Crippen molar-refractivity contribution in [1.82, 2.24) is 0 Å². The first-order valence-corrected chi connectivity index (χ1v) is 7.27. The molecule has 0 aliphatic heterocycles. The molecular weight excluding hydrogens is 336 g/mol. The van der Waals surface area contributed by atoms with Crippen LogP contribution in [0.5, 0.6) is 11.5 Å². The number of nitrogens with zero attached hydrogens (tertiary/aromatic N) is 1. The predicted molar refractivity (Wildman–Crippen MR) is 84.5 cm³/mol. The quantitative estimate of drug-likeness (QED) is 0.633. The number of hydrogen-bond acceptors (Lipinski definition) is 4. The smallest absolute Gasteiger partial charge is 0.274 e. The van der Waals surface area contributed by atoms with Gasteiger partial charge in [0.2, 0.25) is 0 Å². The number of nitro benzene ring substituents is 1. The molecule has 1 atom stereocenters. The predicted octanol–water partition coefficient (Wildman–Crippen LogP) is 4.56. The summed E-state index contributed by atoms with van der Waals surface area (Å²) in [5.74, 6) is 1.01. The molecule has 110 valence electrons. The van der Waals surface area contributed by atoms with Crippen molar-refractivity contribution in [2.24, 2.45) is 5.73 Å². The Kier molecular flexibility index (Phi) is 4.93. The van der Waals surface area contributed by atoms with Crippen LogP contribution in [0.4, 0.5) is 5.69 Å². The first-order valence-electron chi connectivity index (χ1n) is 6.48. The van der Waals surface area contributed by atoms with E-state index in [1.54, 1.807) is 18.2 Å². The number of nitrogens with two attached hydrogens (primary N) is 1. The van der Waals surface area contributed by atoms with Crippen LogP contribution in [0.15, 0.2) is 46.9 Å². The van der Waals surface area contributed by atoms with Gasteiger partial charge >= 0.3 is 0 Å². The lowest BCUT2D eigenvalue weighted by molar-refractivity contribution is -0.385. The molecule has 5 nitrogen and oxygen atoms in total. The number of rotatable bonds is 5. The van der Waals surface area contributed by atoms with Crippen molar-refractivity contribution >= 4 is 21.6 Å². The molecule has 21 heavy (non-hydrogen) atoms. The van der Waals surface area contributed by atoms with Gasteiger partial charge in [-0.3, -0.25) is 10.1 Å². The molecule has 2 aromatic carbocycles. The Morgan fingerprint density at radius 3 is 2.48 bits per heavy atom. The van der Waals surface area contributed by atoms with Gasteiger partial charge in [-0.2, -0.15) is 0 Å². The van der Waals surface area contributed by atoms with Crippen LogP contribution in [0, 0.1) is 10.1 Å². The van der Waals surface area contributed by atoms with E-state index in [-0.39, 0.29) is 11.7 Å². The van der Waals surface area contributed by atoms with Crippen LogP contribution in [0.2, 0.25) is 0 Å². The lowest BCUT2D eigenvalue weighted by Crippen LogP contribution is -2.07. The Balaban J connectivity index is 2.20. The van der Waals surface area contributed by atoms with E-state index >= 15 is 0 Å². The fourth-order valence-corrected chi connectivity index (χ4v) is 2.33. The monoisotopic (exact) mass is 350 g/mol. The van der Waals surface area contributed by atoms with Crippen molar-refractivity contribution < 1.29 is 9.66 Å². The van der Waals surface area contributed by atoms with E-state index in [4.69, 9.17) is 10.5 Å². The van der Waals surface area contributed by atoms with Crippen LogP contribution in [0.3, 0.4) is 0 Å². The van der Waals surface area contributed by atoms with E-state index in [0.29, 0.717) is 16.0 Å². The molecule has 0 amide bonds. The summed E-state index contributed by atoms with van der Waals surface area (Å²) in [6.07, 6.45) is 0.859. The zero-order chi connectivity index (χ0) is 15.4. The van der Waals surface area contributed by atoms with E-state index in [0.717, 1.165) is 12.0 Å². The number of hydrogen-bond donors (Lipinski definition) is 1. The lowest BCUT2D eigenvalue weighted by atomic mass is 10.1. The highest BCUT2D eigenvalue weighted by Crippen LogP contribution is 2.30. The van der Waals surface area contributed by atoms with Crippen molar-refractivity contribution in [2.75, 3.05) is 0 Å². The summed E-state index contributed by atoms with van der Waals surface area (Å²) >= 11 is 3.23. The lowest BCUT2D eigenvalue weighted by Gasteiger charge is -2.11. The summed E-state index contributed by atoms with van der Waals surface area (Å²) in [6.45, 7) is 2.02. The third-order valence-corrected chi connectivity index (χ3v) is 3.51. The minimum absolute atomic E-state index is 0.00556. The summed E-state index contributed by atoms with van der Waals surface area (Å²) < 4.78 is 6.24. The maximum absolute atomic E-state index is 10.8. The molecule has 6 heteroatoms. The van der Waals surface area contributed by atoms with Crippen LogP contribution in [-0.4, -0.2) is 4.92 Å². The Labute approximate surface area is 131 Å². The Hall–Kier alpha value is -1.92. The first kappa shape index (κ1) is 15.5. The Morgan fingerprint density at radius 1 is 1.24 bits per heavy atom. The number of ether oxygens (including phenoxy) is 1. The maximum atomic E-state index is 10.8. The first-order chi connectivity index (χ1) is 9.99. The molecule has 0 fully saturated rings. The van der Waals surface area contributed by atoms with E-state index in [2.05, 4.69) is 15.9 Å². The molecule has 0 saturated heterocycles. The SMILES string of the molecule is CCC(N)c1ccc(Oc2cc(Br)cc([N+](=O)[O-])c2)cc1. The normalized spacial score (nSPS) is 12.0. The molecule has 1 unspecified atom stereocenters. The molecule has 2 N–H and O–H groups in total. The number of halogens is 1. The molecule has 2 rings (SSSR count). The maximum Gasteiger partial charge on any atom is 0.274 e. The fourth-order valence-electron chi connectivity index (χ4n) is 1.87. The summed E-state index contributed by atoms with van der Waals surface area (Å²) in [7, 11) is 0. The topological polar surface area (TPSA) is 78.4 Å². The Bertz CT molecular complexity index is 644. The van der Waals surface area contributed by atoms with E-state index in [9.17, 15) is 10.1 Å². The van der Waals surface area contributed by atoms with Gasteiger partial charge in [0.25, 0.3) is 5.69 Å². The highest BCUT2D eigenvalue weighted by Gasteiger charge is 2.10. The van der Waals surface area contributed by atoms with Gasteiger partial charge in [-0.05, 0) is 30.2 Å². The van der Waals surface area contributed by atoms with Crippen molar-refractivity contribution in [1.29, 1.82) is 0 Å². The molecule has 0 heterocycles. The molecule has 2 aromatic rings. The van der Waals surface area contributed by atoms with Crippen LogP contribution in [0.1, 0.15) is 24.9 Å². The van der Waals surface area contributed by atoms with Crippen LogP contribution >= 0.6 is 15.9 Å². The second-order valence-corrected chi connectivity index (χ2v) is 5.50. The van der Waals surface area contributed by atoms with Gasteiger partial charge in [0.1, 0.15) is 11.5 Å². The fraction of sp³-hybridized carbons (Fsp3) is 0.200. The third kappa shape index (κ3) is 4.03. The highest BCUT2D eigenvalue weighted by atomic mass is 79.9. The average Bonchev–Trinajstić information content (AvgIpc) is 2.46. The standard InChI is InChI=1S/C15H15BrN2O3/c1-2-15(17)10-3-5-13(6-4-10)21-14-8-11(16)7-12(9-14)18(19)20/h3-9,15H,2,17H2,1H3. The van der Waals surface area contributed by atoms with Crippen LogP contribution in [-0.2, 0) is 0 Å². The van der Waals surface area contributed by atoms with Crippen molar-refractivity contribution in [2.45, 2.75) is 19.4 Å². The minimum Gasteiger partial charge on any atom is -0.457 e. The van der Waals surface area contributed by atoms with Crippen LogP contribution < -0.4 is 10.5 Å². The average molecular weight is 351 g/mol. The number of benzene rings is 2. The molecule has 0 saturated carbocycles. The second-order valence-electron chi connectivity index (χ2n) is 4.59. The molecular formula is C15H15BrN2O3. The molecule has 0 aliphatic carbocycles. The molecule has 0 radical (unpaired) electrons. The van der Waals surface area contributed by atoms with Gasteiger partial charge in [-0.25, -0.2) is 0 Å². The van der Waals surface area contributed by atoms with E-state index in [1.165, 1.54) is 12.1 Å². The van der Waals surface area contributed by atoms with E-state index < -0.39 is 4.92 Å². The third-order valence-electron chi connectivity index (χ3n) is 3.05. The summed E-state index contributed by atoms with van der Waals surface area (Å²) in [6, 6.07) is 11.9. The van der Waals surface area contributed by atoms with Gasteiger partial charge in [0.05, 0.1) is 11.0 Å². The number of non-ortho nitro benzene ring substituents is 1. The second kappa shape index (κ2) is 6.69. The largest absolute Gasteiger partial charge is 0.457 e. The van der Waals surface area contributed by atoms with Gasteiger partial charge < -0.3 is 10.5 Å². The van der Waals surface area contributed by atoms with Crippen molar-refractivity contribution in [3.8, 4) is 11.5 Å². The zero-order valence-electron chi connectivity index (χ0n) is 11.5. The van der Waals surface area contributed by atoms with Gasteiger partial charge in [-0.15, -0.1) is 0 Å². The minimum atomic E-state index is -0.457. The highest BCUT2D eigenvalue weighted by molar-refractivity contribution is 9.10.